The van der Waals surface area contributed by atoms with E-state index in [1.807, 2.05) is 0 Å². The maximum atomic E-state index is 11.0. The van der Waals surface area contributed by atoms with Crippen molar-refractivity contribution < 1.29 is 9.72 Å². The molecule has 0 spiro atoms. The molecule has 7 nitrogen and oxygen atoms in total. The fourth-order valence-corrected chi connectivity index (χ4v) is 1.12. The average molecular weight is 236 g/mol. The number of hydrogen-bond acceptors (Lipinski definition) is 4. The van der Waals surface area contributed by atoms with Crippen molar-refractivity contribution in [2.24, 2.45) is 5.10 Å². The zero-order valence-electron chi connectivity index (χ0n) is 9.21. The van der Waals surface area contributed by atoms with Crippen LogP contribution in [0.3, 0.4) is 0 Å². The number of nitro groups is 1. The van der Waals surface area contributed by atoms with E-state index in [9.17, 15) is 14.9 Å². The van der Waals surface area contributed by atoms with E-state index in [1.165, 1.54) is 12.3 Å². The lowest BCUT2D eigenvalue weighted by Gasteiger charge is -1.99. The van der Waals surface area contributed by atoms with Crippen molar-refractivity contribution in [3.05, 3.63) is 39.9 Å². The molecule has 1 aromatic rings. The lowest BCUT2D eigenvalue weighted by molar-refractivity contribution is -0.385. The molecular weight excluding hydrogens is 224 g/mol. The van der Waals surface area contributed by atoms with Gasteiger partial charge in [-0.15, -0.1) is 0 Å². The highest BCUT2D eigenvalue weighted by atomic mass is 16.6. The van der Waals surface area contributed by atoms with E-state index in [0.717, 1.165) is 0 Å². The number of carbonyl (C=O) groups excluding carboxylic acids is 1. The molecule has 0 aromatic heterocycles. The molecule has 0 saturated heterocycles. The molecule has 90 valence electrons. The summed E-state index contributed by atoms with van der Waals surface area (Å²) in [5, 5.41) is 16.7. The van der Waals surface area contributed by atoms with Gasteiger partial charge in [-0.1, -0.05) is 12.1 Å². The minimum absolute atomic E-state index is 0.0612. The topological polar surface area (TPSA) is 96.6 Å². The Morgan fingerprint density at radius 1 is 1.53 bits per heavy atom. The zero-order chi connectivity index (χ0) is 12.7. The highest BCUT2D eigenvalue weighted by molar-refractivity contribution is 5.86. The van der Waals surface area contributed by atoms with Crippen LogP contribution in [0, 0.1) is 10.1 Å². The van der Waals surface area contributed by atoms with Gasteiger partial charge in [0.1, 0.15) is 0 Å². The molecule has 2 amide bonds. The van der Waals surface area contributed by atoms with Crippen LogP contribution in [0.15, 0.2) is 29.4 Å². The number of nitrogens with zero attached hydrogens (tertiary/aromatic N) is 2. The molecule has 0 bridgehead atoms. The summed E-state index contributed by atoms with van der Waals surface area (Å²) in [6.45, 7) is 2.25. The van der Waals surface area contributed by atoms with E-state index in [-0.39, 0.29) is 5.69 Å². The van der Waals surface area contributed by atoms with E-state index in [2.05, 4.69) is 15.8 Å². The maximum Gasteiger partial charge on any atom is 0.335 e. The van der Waals surface area contributed by atoms with Gasteiger partial charge in [-0.3, -0.25) is 10.1 Å². The number of nitro benzene ring substituents is 1. The molecule has 0 aliphatic rings. The highest BCUT2D eigenvalue weighted by Crippen LogP contribution is 2.14. The Bertz CT molecular complexity index is 445. The van der Waals surface area contributed by atoms with Crippen LogP contribution >= 0.6 is 0 Å². The quantitative estimate of drug-likeness (QED) is 0.467. The molecule has 0 unspecified atom stereocenters. The van der Waals surface area contributed by atoms with Crippen molar-refractivity contribution in [3.63, 3.8) is 0 Å². The summed E-state index contributed by atoms with van der Waals surface area (Å²) < 4.78 is 0. The molecule has 0 heterocycles. The number of amides is 2. The molecular formula is C10H12N4O3. The van der Waals surface area contributed by atoms with Crippen molar-refractivity contribution >= 4 is 17.9 Å². The first-order valence-corrected chi connectivity index (χ1v) is 4.95. The molecule has 0 saturated carbocycles. The molecule has 1 aromatic carbocycles. The molecule has 0 radical (unpaired) electrons. The Labute approximate surface area is 97.7 Å². The van der Waals surface area contributed by atoms with Crippen LogP contribution in [0.1, 0.15) is 12.5 Å². The van der Waals surface area contributed by atoms with Crippen molar-refractivity contribution in [3.8, 4) is 0 Å². The lowest BCUT2D eigenvalue weighted by atomic mass is 10.2. The Hall–Kier alpha value is -2.44. The maximum absolute atomic E-state index is 11.0. The monoisotopic (exact) mass is 236 g/mol. The van der Waals surface area contributed by atoms with Crippen molar-refractivity contribution in [1.29, 1.82) is 0 Å². The van der Waals surface area contributed by atoms with Crippen molar-refractivity contribution in [2.45, 2.75) is 6.92 Å². The third-order valence-corrected chi connectivity index (χ3v) is 1.84. The fraction of sp³-hybridized carbons (Fsp3) is 0.200. The largest absolute Gasteiger partial charge is 0.337 e. The van der Waals surface area contributed by atoms with Crippen LogP contribution in [0.4, 0.5) is 10.5 Å². The molecule has 0 aliphatic heterocycles. The van der Waals surface area contributed by atoms with Gasteiger partial charge in [-0.2, -0.15) is 5.10 Å². The molecule has 0 aliphatic carbocycles. The van der Waals surface area contributed by atoms with Gasteiger partial charge in [-0.05, 0) is 13.0 Å². The molecule has 7 heteroatoms. The normalized spacial score (nSPS) is 10.2. The van der Waals surface area contributed by atoms with Gasteiger partial charge in [0, 0.05) is 12.6 Å². The summed E-state index contributed by atoms with van der Waals surface area (Å²) in [6, 6.07) is 5.67. The van der Waals surface area contributed by atoms with Gasteiger partial charge in [0.05, 0.1) is 16.7 Å². The minimum Gasteiger partial charge on any atom is -0.337 e. The van der Waals surface area contributed by atoms with Gasteiger partial charge in [0.15, 0.2) is 0 Å². The third kappa shape index (κ3) is 3.90. The van der Waals surface area contributed by atoms with Gasteiger partial charge in [0.25, 0.3) is 5.69 Å². The van der Waals surface area contributed by atoms with Gasteiger partial charge in [0.2, 0.25) is 0 Å². The SMILES string of the molecule is CCNC(=O)N/N=C/c1ccccc1[N+](=O)[O-]. The van der Waals surface area contributed by atoms with Crippen LogP contribution in [0.2, 0.25) is 0 Å². The summed E-state index contributed by atoms with van der Waals surface area (Å²) >= 11 is 0. The standard InChI is InChI=1S/C10H12N4O3/c1-2-11-10(15)13-12-7-8-5-3-4-6-9(8)14(16)17/h3-7H,2H2,1H3,(H2,11,13,15)/b12-7+. The first kappa shape index (κ1) is 12.6. The number of nitrogens with one attached hydrogen (secondary N) is 2. The van der Waals surface area contributed by atoms with Gasteiger partial charge >= 0.3 is 6.03 Å². The second-order valence-electron chi connectivity index (χ2n) is 3.05. The van der Waals surface area contributed by atoms with E-state index < -0.39 is 11.0 Å². The van der Waals surface area contributed by atoms with Crippen LogP contribution in [-0.2, 0) is 0 Å². The summed E-state index contributed by atoms with van der Waals surface area (Å²) in [5.74, 6) is 0. The van der Waals surface area contributed by atoms with E-state index in [0.29, 0.717) is 12.1 Å². The first-order valence-electron chi connectivity index (χ1n) is 4.95. The van der Waals surface area contributed by atoms with Crippen LogP contribution in [0.5, 0.6) is 0 Å². The Morgan fingerprint density at radius 3 is 2.88 bits per heavy atom. The molecule has 17 heavy (non-hydrogen) atoms. The number of carbonyl (C=O) groups is 1. The number of urea groups is 1. The zero-order valence-corrected chi connectivity index (χ0v) is 9.21. The van der Waals surface area contributed by atoms with Gasteiger partial charge in [-0.25, -0.2) is 10.2 Å². The second kappa shape index (κ2) is 6.21. The number of benzene rings is 1. The summed E-state index contributed by atoms with van der Waals surface area (Å²) in [6.07, 6.45) is 1.23. The Morgan fingerprint density at radius 2 is 2.24 bits per heavy atom. The van der Waals surface area contributed by atoms with Crippen LogP contribution in [0.25, 0.3) is 0 Å². The summed E-state index contributed by atoms with van der Waals surface area (Å²) in [5.41, 5.74) is 2.46. The predicted octanol–water partition coefficient (Wildman–Crippen LogP) is 1.25. The second-order valence-corrected chi connectivity index (χ2v) is 3.05. The lowest BCUT2D eigenvalue weighted by Crippen LogP contribution is -2.31. The molecule has 0 atom stereocenters. The Balaban J connectivity index is 2.71. The predicted molar refractivity (Wildman–Crippen MR) is 62.9 cm³/mol. The highest BCUT2D eigenvalue weighted by Gasteiger charge is 2.09. The third-order valence-electron chi connectivity index (χ3n) is 1.84. The minimum atomic E-state index is -0.506. The summed E-state index contributed by atoms with van der Waals surface area (Å²) in [7, 11) is 0. The van der Waals surface area contributed by atoms with E-state index in [1.54, 1.807) is 25.1 Å². The fourth-order valence-electron chi connectivity index (χ4n) is 1.12. The first-order chi connectivity index (χ1) is 8.15. The summed E-state index contributed by atoms with van der Waals surface area (Å²) in [4.78, 5) is 21.1. The number of rotatable bonds is 4. The van der Waals surface area contributed by atoms with E-state index >= 15 is 0 Å². The number of para-hydroxylation sites is 1. The molecule has 1 rings (SSSR count). The average Bonchev–Trinajstić information content (AvgIpc) is 2.30. The molecule has 0 fully saturated rings. The number of hydrogen-bond donors (Lipinski definition) is 2. The van der Waals surface area contributed by atoms with Crippen LogP contribution in [-0.4, -0.2) is 23.7 Å². The van der Waals surface area contributed by atoms with Crippen molar-refractivity contribution in [1.82, 2.24) is 10.7 Å². The Kier molecular flexibility index (Phi) is 4.61. The van der Waals surface area contributed by atoms with E-state index in [4.69, 9.17) is 0 Å². The smallest absolute Gasteiger partial charge is 0.335 e. The van der Waals surface area contributed by atoms with Gasteiger partial charge < -0.3 is 5.32 Å². The van der Waals surface area contributed by atoms with Crippen molar-refractivity contribution in [2.75, 3.05) is 6.54 Å². The number of hydrazone groups is 1. The molecule has 2 N–H and O–H groups in total. The van der Waals surface area contributed by atoms with Crippen LogP contribution < -0.4 is 10.7 Å².